The normalized spacial score (nSPS) is 28.5. The fourth-order valence-electron chi connectivity index (χ4n) is 3.18. The predicted molar refractivity (Wildman–Crippen MR) is 79.6 cm³/mol. The van der Waals surface area contributed by atoms with Gasteiger partial charge in [0.1, 0.15) is 0 Å². The number of nitrogens with zero attached hydrogens (tertiary/aromatic N) is 1. The number of ether oxygens (including phenoxy) is 1. The van der Waals surface area contributed by atoms with Gasteiger partial charge < -0.3 is 15.4 Å². The van der Waals surface area contributed by atoms with E-state index in [0.29, 0.717) is 29.1 Å². The predicted octanol–water partition coefficient (Wildman–Crippen LogP) is 2.25. The van der Waals surface area contributed by atoms with Gasteiger partial charge in [0.15, 0.2) is 5.96 Å². The molecule has 2 fully saturated rings. The molecule has 1 spiro atoms. The average Bonchev–Trinajstić information content (AvgIpc) is 2.29. The lowest BCUT2D eigenvalue weighted by atomic mass is 9.51. The summed E-state index contributed by atoms with van der Waals surface area (Å²) in [6.45, 7) is 7.08. The van der Waals surface area contributed by atoms with E-state index >= 15 is 0 Å². The summed E-state index contributed by atoms with van der Waals surface area (Å²) in [7, 11) is 1.78. The van der Waals surface area contributed by atoms with Gasteiger partial charge in [-0.2, -0.15) is 0 Å². The van der Waals surface area contributed by atoms with Crippen LogP contribution in [0, 0.1) is 5.41 Å². The smallest absolute Gasteiger partial charge is 0.191 e. The van der Waals surface area contributed by atoms with E-state index in [1.54, 1.807) is 7.05 Å². The molecule has 5 heteroatoms. The minimum absolute atomic E-state index is 0.339. The third kappa shape index (κ3) is 2.90. The fraction of sp³-hybridized carbons (Fsp3) is 0.786. The van der Waals surface area contributed by atoms with Gasteiger partial charge in [-0.1, -0.05) is 24.6 Å². The molecule has 0 bridgehead atoms. The zero-order valence-corrected chi connectivity index (χ0v) is 12.6. The number of guanidine groups is 1. The Kier molecular flexibility index (Phi) is 4.74. The van der Waals surface area contributed by atoms with E-state index in [1.165, 1.54) is 19.3 Å². The quantitative estimate of drug-likeness (QED) is 0.602. The van der Waals surface area contributed by atoms with Gasteiger partial charge in [0.2, 0.25) is 0 Å². The molecule has 2 unspecified atom stereocenters. The zero-order chi connectivity index (χ0) is 13.9. The van der Waals surface area contributed by atoms with E-state index in [9.17, 15) is 0 Å². The van der Waals surface area contributed by atoms with E-state index in [-0.39, 0.29) is 0 Å². The van der Waals surface area contributed by atoms with Crippen LogP contribution in [0.1, 0.15) is 32.6 Å². The summed E-state index contributed by atoms with van der Waals surface area (Å²) in [5.41, 5.74) is 0.339. The SMILES string of the molecule is C=C(Cl)CNC(=NC)NC1CC(OCC)C12CCC2. The van der Waals surface area contributed by atoms with Crippen LogP contribution in [0.3, 0.4) is 0 Å². The summed E-state index contributed by atoms with van der Waals surface area (Å²) in [4.78, 5) is 4.23. The zero-order valence-electron chi connectivity index (χ0n) is 11.8. The minimum atomic E-state index is 0.339. The molecule has 0 aromatic heterocycles. The number of hydrogen-bond acceptors (Lipinski definition) is 2. The van der Waals surface area contributed by atoms with Crippen LogP contribution in [0.4, 0.5) is 0 Å². The second-order valence-corrected chi connectivity index (χ2v) is 5.94. The van der Waals surface area contributed by atoms with Gasteiger partial charge in [0, 0.05) is 30.1 Å². The van der Waals surface area contributed by atoms with E-state index in [0.717, 1.165) is 19.0 Å². The molecule has 0 heterocycles. The summed E-state index contributed by atoms with van der Waals surface area (Å²) in [5.74, 6) is 0.799. The van der Waals surface area contributed by atoms with E-state index in [1.807, 2.05) is 0 Å². The highest BCUT2D eigenvalue weighted by Gasteiger charge is 2.59. The van der Waals surface area contributed by atoms with Crippen molar-refractivity contribution in [2.24, 2.45) is 10.4 Å². The average molecular weight is 286 g/mol. The van der Waals surface area contributed by atoms with Crippen molar-refractivity contribution in [1.29, 1.82) is 0 Å². The van der Waals surface area contributed by atoms with Crippen molar-refractivity contribution in [3.8, 4) is 0 Å². The molecule has 2 saturated carbocycles. The third-order valence-electron chi connectivity index (χ3n) is 4.42. The van der Waals surface area contributed by atoms with Crippen LogP contribution in [-0.4, -0.2) is 38.3 Å². The molecule has 2 N–H and O–H groups in total. The van der Waals surface area contributed by atoms with Crippen molar-refractivity contribution in [3.63, 3.8) is 0 Å². The molecule has 0 aromatic rings. The van der Waals surface area contributed by atoms with Crippen molar-refractivity contribution in [3.05, 3.63) is 11.6 Å². The van der Waals surface area contributed by atoms with Crippen LogP contribution in [-0.2, 0) is 4.74 Å². The van der Waals surface area contributed by atoms with Crippen molar-refractivity contribution in [2.45, 2.75) is 44.8 Å². The van der Waals surface area contributed by atoms with Crippen molar-refractivity contribution in [1.82, 2.24) is 10.6 Å². The van der Waals surface area contributed by atoms with Crippen molar-refractivity contribution in [2.75, 3.05) is 20.2 Å². The highest BCUT2D eigenvalue weighted by molar-refractivity contribution is 6.29. The van der Waals surface area contributed by atoms with Crippen LogP contribution < -0.4 is 10.6 Å². The lowest BCUT2D eigenvalue weighted by Crippen LogP contribution is -2.68. The van der Waals surface area contributed by atoms with Gasteiger partial charge in [0.05, 0.1) is 12.6 Å². The summed E-state index contributed by atoms with van der Waals surface area (Å²) in [5, 5.41) is 7.25. The Hall–Kier alpha value is -0.740. The van der Waals surface area contributed by atoms with E-state index < -0.39 is 0 Å². The largest absolute Gasteiger partial charge is 0.378 e. The summed E-state index contributed by atoms with van der Waals surface area (Å²) >= 11 is 5.76. The van der Waals surface area contributed by atoms with E-state index in [4.69, 9.17) is 16.3 Å². The molecule has 4 nitrogen and oxygen atoms in total. The molecule has 0 radical (unpaired) electrons. The summed E-state index contributed by atoms with van der Waals surface area (Å²) in [6, 6.07) is 0.465. The molecule has 0 aliphatic heterocycles. The standard InChI is InChI=1S/C14H24ClN3O/c1-4-19-12-8-11(14(12)6-5-7-14)18-13(16-3)17-9-10(2)15/h11-12H,2,4-9H2,1,3H3,(H2,16,17,18). The second kappa shape index (κ2) is 6.14. The van der Waals surface area contributed by atoms with Gasteiger partial charge in [-0.3, -0.25) is 4.99 Å². The monoisotopic (exact) mass is 285 g/mol. The molecule has 0 saturated heterocycles. The number of nitrogens with one attached hydrogen (secondary N) is 2. The fourth-order valence-corrected chi connectivity index (χ4v) is 3.25. The molecule has 108 valence electrons. The van der Waals surface area contributed by atoms with Crippen molar-refractivity contribution < 1.29 is 4.74 Å². The van der Waals surface area contributed by atoms with Gasteiger partial charge in [-0.15, -0.1) is 0 Å². The minimum Gasteiger partial charge on any atom is -0.378 e. The third-order valence-corrected chi connectivity index (χ3v) is 4.55. The number of halogens is 1. The summed E-state index contributed by atoms with van der Waals surface area (Å²) in [6.07, 6.45) is 5.32. The summed E-state index contributed by atoms with van der Waals surface area (Å²) < 4.78 is 5.84. The lowest BCUT2D eigenvalue weighted by Gasteiger charge is -2.61. The van der Waals surface area contributed by atoms with Crippen LogP contribution in [0.25, 0.3) is 0 Å². The molecule has 2 aliphatic rings. The van der Waals surface area contributed by atoms with Gasteiger partial charge in [0.25, 0.3) is 0 Å². The highest BCUT2D eigenvalue weighted by Crippen LogP contribution is 2.57. The Morgan fingerprint density at radius 1 is 1.53 bits per heavy atom. The lowest BCUT2D eigenvalue weighted by molar-refractivity contribution is -0.168. The molecule has 19 heavy (non-hydrogen) atoms. The Labute approximate surface area is 120 Å². The van der Waals surface area contributed by atoms with Gasteiger partial charge in [-0.05, 0) is 26.2 Å². The van der Waals surface area contributed by atoms with Crippen LogP contribution in [0.5, 0.6) is 0 Å². The molecule has 0 aromatic carbocycles. The Morgan fingerprint density at radius 3 is 2.74 bits per heavy atom. The van der Waals surface area contributed by atoms with Crippen LogP contribution in [0.15, 0.2) is 16.6 Å². The van der Waals surface area contributed by atoms with Crippen molar-refractivity contribution >= 4 is 17.6 Å². The Morgan fingerprint density at radius 2 is 2.26 bits per heavy atom. The van der Waals surface area contributed by atoms with Crippen LogP contribution in [0.2, 0.25) is 0 Å². The maximum atomic E-state index is 5.84. The van der Waals surface area contributed by atoms with Gasteiger partial charge in [-0.25, -0.2) is 0 Å². The van der Waals surface area contributed by atoms with Crippen LogP contribution >= 0.6 is 11.6 Å². The molecular formula is C14H24ClN3O. The molecular weight excluding hydrogens is 262 g/mol. The highest BCUT2D eigenvalue weighted by atomic mass is 35.5. The first-order chi connectivity index (χ1) is 9.12. The molecule has 2 rings (SSSR count). The first-order valence-electron chi connectivity index (χ1n) is 7.04. The Bertz CT molecular complexity index is 366. The van der Waals surface area contributed by atoms with E-state index in [2.05, 4.69) is 29.1 Å². The Balaban J connectivity index is 1.87. The number of hydrogen-bond donors (Lipinski definition) is 2. The number of rotatable bonds is 5. The van der Waals surface area contributed by atoms with Gasteiger partial charge >= 0.3 is 0 Å². The topological polar surface area (TPSA) is 45.7 Å². The molecule has 2 atom stereocenters. The maximum absolute atomic E-state index is 5.84. The first-order valence-corrected chi connectivity index (χ1v) is 7.42. The molecule has 2 aliphatic carbocycles. The number of aliphatic imine (C=N–C) groups is 1. The first kappa shape index (κ1) is 14.7. The second-order valence-electron chi connectivity index (χ2n) is 5.41. The maximum Gasteiger partial charge on any atom is 0.191 e. The molecule has 0 amide bonds.